The molecule has 2 aromatic rings. The molecule has 2 atom stereocenters. The minimum absolute atomic E-state index is 0.0488. The van der Waals surface area contributed by atoms with Gasteiger partial charge in [0.2, 0.25) is 0 Å². The number of nitrogens with zero attached hydrogens (tertiary/aromatic N) is 2. The van der Waals surface area contributed by atoms with E-state index < -0.39 is 29.9 Å². The molecule has 2 amide bonds. The maximum absolute atomic E-state index is 13.0. The molecule has 0 saturated heterocycles. The summed E-state index contributed by atoms with van der Waals surface area (Å²) in [5.74, 6) is 3.50. The summed E-state index contributed by atoms with van der Waals surface area (Å²) >= 11 is 0. The van der Waals surface area contributed by atoms with Gasteiger partial charge in [-0.1, -0.05) is 11.8 Å². The number of rotatable bonds is 5. The molecule has 10 heteroatoms. The van der Waals surface area contributed by atoms with Crippen LogP contribution < -0.4 is 10.8 Å². The molecular formula is C18H18F2N4O4. The molecule has 0 saturated carbocycles. The Balaban J connectivity index is 2.15. The lowest BCUT2D eigenvalue weighted by Gasteiger charge is -2.30. The zero-order valence-corrected chi connectivity index (χ0v) is 15.0. The highest BCUT2D eigenvalue weighted by molar-refractivity contribution is 5.97. The first-order valence-electron chi connectivity index (χ1n) is 8.01. The number of hydrogen-bond acceptors (Lipinski definition) is 5. The van der Waals surface area contributed by atoms with Crippen molar-refractivity contribution in [3.8, 4) is 11.8 Å². The first-order chi connectivity index (χ1) is 13.1. The van der Waals surface area contributed by atoms with E-state index >= 15 is 0 Å². The summed E-state index contributed by atoms with van der Waals surface area (Å²) in [6.45, 7) is 0.676. The Labute approximate surface area is 159 Å². The van der Waals surface area contributed by atoms with Crippen molar-refractivity contribution < 1.29 is 28.7 Å². The van der Waals surface area contributed by atoms with Crippen LogP contribution in [-0.4, -0.2) is 50.0 Å². The molecule has 4 N–H and O–H groups in total. The van der Waals surface area contributed by atoms with E-state index in [1.54, 1.807) is 24.1 Å². The van der Waals surface area contributed by atoms with Crippen molar-refractivity contribution in [3.63, 3.8) is 0 Å². The highest BCUT2D eigenvalue weighted by Gasteiger charge is 2.46. The monoisotopic (exact) mass is 392 g/mol. The van der Waals surface area contributed by atoms with Gasteiger partial charge in [0.15, 0.2) is 5.60 Å². The van der Waals surface area contributed by atoms with E-state index in [9.17, 15) is 23.5 Å². The number of carbonyl (C=O) groups is 2. The SMILES string of the molecule is Cn1cc(C#Cc2ccc(C(=O)N[C@H](C(=O)NO)C(C)(O)C(F)F)cc2)cn1. The second kappa shape index (κ2) is 8.60. The number of amides is 2. The van der Waals surface area contributed by atoms with E-state index in [1.807, 2.05) is 5.32 Å². The van der Waals surface area contributed by atoms with Crippen LogP contribution in [0.2, 0.25) is 0 Å². The predicted octanol–water partition coefficient (Wildman–Crippen LogP) is 0.440. The molecule has 0 aliphatic rings. The Morgan fingerprint density at radius 1 is 1.21 bits per heavy atom. The third-order valence-electron chi connectivity index (χ3n) is 3.88. The fraction of sp³-hybridized carbons (Fsp3) is 0.278. The standard InChI is InChI=1S/C18H18F2N4O4/c1-18(27,17(19)20)14(16(26)23-28)22-15(25)13-7-5-11(6-8-13)3-4-12-9-21-24(2)10-12/h5-10,14,17,27-28H,1-2H3,(H,22,25)(H,23,26)/t14-,18?/m1/s1. The van der Waals surface area contributed by atoms with Gasteiger partial charge in [0.05, 0.1) is 11.8 Å². The number of nitrogens with one attached hydrogen (secondary N) is 2. The summed E-state index contributed by atoms with van der Waals surface area (Å²) in [6.07, 6.45) is -0.0215. The highest BCUT2D eigenvalue weighted by Crippen LogP contribution is 2.20. The number of aliphatic hydroxyl groups is 1. The van der Waals surface area contributed by atoms with Crippen molar-refractivity contribution in [1.82, 2.24) is 20.6 Å². The summed E-state index contributed by atoms with van der Waals surface area (Å²) in [5.41, 5.74) is -0.396. The largest absolute Gasteiger partial charge is 0.381 e. The lowest BCUT2D eigenvalue weighted by molar-refractivity contribution is -0.149. The molecule has 1 heterocycles. The quantitative estimate of drug-likeness (QED) is 0.335. The molecule has 0 spiro atoms. The van der Waals surface area contributed by atoms with Crippen LogP contribution in [0.1, 0.15) is 28.4 Å². The van der Waals surface area contributed by atoms with E-state index in [0.717, 1.165) is 5.48 Å². The third-order valence-corrected chi connectivity index (χ3v) is 3.88. The van der Waals surface area contributed by atoms with Crippen LogP contribution in [0.15, 0.2) is 36.7 Å². The smallest absolute Gasteiger partial charge is 0.269 e. The molecule has 0 aliphatic carbocycles. The first kappa shape index (κ1) is 21.0. The molecule has 8 nitrogen and oxygen atoms in total. The molecule has 0 radical (unpaired) electrons. The van der Waals surface area contributed by atoms with Crippen LogP contribution in [0.3, 0.4) is 0 Å². The third kappa shape index (κ3) is 4.91. The van der Waals surface area contributed by atoms with Crippen molar-refractivity contribution in [2.75, 3.05) is 0 Å². The molecule has 28 heavy (non-hydrogen) atoms. The van der Waals surface area contributed by atoms with E-state index in [4.69, 9.17) is 5.21 Å². The Morgan fingerprint density at radius 3 is 2.32 bits per heavy atom. The summed E-state index contributed by atoms with van der Waals surface area (Å²) in [5, 5.41) is 24.5. The van der Waals surface area contributed by atoms with Gasteiger partial charge < -0.3 is 10.4 Å². The minimum Gasteiger partial charge on any atom is -0.381 e. The van der Waals surface area contributed by atoms with Gasteiger partial charge in [0.1, 0.15) is 6.04 Å². The summed E-state index contributed by atoms with van der Waals surface area (Å²) in [7, 11) is 1.76. The number of aromatic nitrogens is 2. The van der Waals surface area contributed by atoms with Crippen LogP contribution >= 0.6 is 0 Å². The number of aryl methyl sites for hydroxylation is 1. The maximum atomic E-state index is 13.0. The second-order valence-corrected chi connectivity index (χ2v) is 6.14. The number of hydrogen-bond donors (Lipinski definition) is 4. The van der Waals surface area contributed by atoms with Gasteiger partial charge in [-0.25, -0.2) is 14.3 Å². The van der Waals surface area contributed by atoms with Gasteiger partial charge in [0, 0.05) is 24.4 Å². The number of halogens is 2. The van der Waals surface area contributed by atoms with Crippen molar-refractivity contribution >= 4 is 11.8 Å². The number of hydroxylamine groups is 1. The second-order valence-electron chi connectivity index (χ2n) is 6.14. The van der Waals surface area contributed by atoms with E-state index in [2.05, 4.69) is 16.9 Å². The average molecular weight is 392 g/mol. The van der Waals surface area contributed by atoms with Gasteiger partial charge in [0.25, 0.3) is 18.2 Å². The summed E-state index contributed by atoms with van der Waals surface area (Å²) < 4.78 is 27.6. The molecule has 0 bridgehead atoms. The fourth-order valence-electron chi connectivity index (χ4n) is 2.22. The van der Waals surface area contributed by atoms with Gasteiger partial charge in [-0.05, 0) is 31.2 Å². The van der Waals surface area contributed by atoms with Crippen LogP contribution in [0.25, 0.3) is 0 Å². The van der Waals surface area contributed by atoms with Gasteiger partial charge >= 0.3 is 0 Å². The van der Waals surface area contributed by atoms with Crippen molar-refractivity contribution in [2.24, 2.45) is 7.05 Å². The van der Waals surface area contributed by atoms with E-state index in [0.29, 0.717) is 18.1 Å². The average Bonchev–Trinajstić information content (AvgIpc) is 3.09. The van der Waals surface area contributed by atoms with Crippen molar-refractivity contribution in [2.45, 2.75) is 25.0 Å². The van der Waals surface area contributed by atoms with Crippen LogP contribution in [0.5, 0.6) is 0 Å². The topological polar surface area (TPSA) is 116 Å². The number of carbonyl (C=O) groups excluding carboxylic acids is 2. The molecule has 1 unspecified atom stereocenters. The predicted molar refractivity (Wildman–Crippen MR) is 93.4 cm³/mol. The highest BCUT2D eigenvalue weighted by atomic mass is 19.3. The van der Waals surface area contributed by atoms with E-state index in [1.165, 1.54) is 24.3 Å². The van der Waals surface area contributed by atoms with Crippen LogP contribution in [-0.2, 0) is 11.8 Å². The summed E-state index contributed by atoms with van der Waals surface area (Å²) in [4.78, 5) is 23.9. The van der Waals surface area contributed by atoms with Crippen molar-refractivity contribution in [1.29, 1.82) is 0 Å². The molecule has 1 aromatic heterocycles. The Morgan fingerprint density at radius 2 is 1.82 bits per heavy atom. The van der Waals surface area contributed by atoms with Crippen molar-refractivity contribution in [3.05, 3.63) is 53.3 Å². The molecule has 1 aromatic carbocycles. The fourth-order valence-corrected chi connectivity index (χ4v) is 2.22. The Kier molecular flexibility index (Phi) is 6.45. The van der Waals surface area contributed by atoms with Crippen LogP contribution in [0, 0.1) is 11.8 Å². The van der Waals surface area contributed by atoms with E-state index in [-0.39, 0.29) is 5.56 Å². The normalized spacial score (nSPS) is 13.8. The first-order valence-corrected chi connectivity index (χ1v) is 8.01. The van der Waals surface area contributed by atoms with Gasteiger partial charge in [-0.2, -0.15) is 5.10 Å². The molecule has 2 rings (SSSR count). The molecule has 0 aliphatic heterocycles. The number of alkyl halides is 2. The maximum Gasteiger partial charge on any atom is 0.269 e. The lowest BCUT2D eigenvalue weighted by atomic mass is 9.95. The van der Waals surface area contributed by atoms with Gasteiger partial charge in [-0.3, -0.25) is 19.5 Å². The molecule has 0 fully saturated rings. The zero-order chi connectivity index (χ0) is 20.9. The van der Waals surface area contributed by atoms with Gasteiger partial charge in [-0.15, -0.1) is 0 Å². The minimum atomic E-state index is -3.35. The summed E-state index contributed by atoms with van der Waals surface area (Å²) in [6, 6.07) is 3.76. The Bertz CT molecular complexity index is 914. The number of benzene rings is 1. The zero-order valence-electron chi connectivity index (χ0n) is 15.0. The molecule has 148 valence electrons. The lowest BCUT2D eigenvalue weighted by Crippen LogP contribution is -2.61. The molecular weight excluding hydrogens is 374 g/mol. The Hall–Kier alpha value is -3.29. The van der Waals surface area contributed by atoms with Crippen LogP contribution in [0.4, 0.5) is 8.78 Å².